The molecule has 0 aliphatic carbocycles. The maximum atomic E-state index is 14.0. The van der Waals surface area contributed by atoms with E-state index in [2.05, 4.69) is 10.3 Å². The van der Waals surface area contributed by atoms with Gasteiger partial charge in [-0.1, -0.05) is 65.7 Å². The van der Waals surface area contributed by atoms with Crippen molar-refractivity contribution in [2.24, 2.45) is 11.7 Å². The second-order valence-corrected chi connectivity index (χ2v) is 13.4. The first-order valence-electron chi connectivity index (χ1n) is 16.5. The molecule has 0 saturated carbocycles. The number of benzene rings is 2. The lowest BCUT2D eigenvalue weighted by Crippen LogP contribution is -2.62. The van der Waals surface area contributed by atoms with Gasteiger partial charge in [0, 0.05) is 32.3 Å². The van der Waals surface area contributed by atoms with Crippen molar-refractivity contribution in [2.75, 3.05) is 32.7 Å². The topological polar surface area (TPSA) is 153 Å². The maximum absolute atomic E-state index is 14.0. The van der Waals surface area contributed by atoms with Gasteiger partial charge in [-0.15, -0.1) is 0 Å². The molecule has 11 nitrogen and oxygen atoms in total. The molecule has 0 bridgehead atoms. The minimum Gasteiger partial charge on any atom is -0.370 e. The van der Waals surface area contributed by atoms with Crippen LogP contribution in [0, 0.1) is 11.3 Å². The number of aryl methyl sites for hydroxylation is 1. The van der Waals surface area contributed by atoms with E-state index in [9.17, 15) is 19.2 Å². The van der Waals surface area contributed by atoms with Gasteiger partial charge in [-0.2, -0.15) is 0 Å². The minimum absolute atomic E-state index is 0.0133. The predicted molar refractivity (Wildman–Crippen MR) is 188 cm³/mol. The van der Waals surface area contributed by atoms with Gasteiger partial charge in [0.25, 0.3) is 0 Å². The molecule has 2 aliphatic rings. The molecule has 2 fully saturated rings. The number of aromatic nitrogens is 1. The van der Waals surface area contributed by atoms with Gasteiger partial charge in [0.15, 0.2) is 5.96 Å². The molecule has 5 rings (SSSR count). The molecule has 2 aliphatic heterocycles. The number of rotatable bonds is 13. The number of nitrogens with zero attached hydrogens (tertiary/aromatic N) is 4. The summed E-state index contributed by atoms with van der Waals surface area (Å²) in [6.07, 6.45) is 4.97. The number of hydrogen-bond acceptors (Lipinski definition) is 6. The van der Waals surface area contributed by atoms with Gasteiger partial charge in [0.05, 0.1) is 22.6 Å². The van der Waals surface area contributed by atoms with Crippen molar-refractivity contribution in [3.8, 4) is 0 Å². The molecule has 13 heteroatoms. The van der Waals surface area contributed by atoms with Crippen molar-refractivity contribution in [3.05, 3.63) is 99.8 Å². The molecule has 2 saturated heterocycles. The largest absolute Gasteiger partial charge is 0.370 e. The number of guanidine groups is 1. The van der Waals surface area contributed by atoms with Gasteiger partial charge in [-0.05, 0) is 73.4 Å². The first-order valence-corrected chi connectivity index (χ1v) is 17.2. The van der Waals surface area contributed by atoms with E-state index in [0.717, 1.165) is 24.8 Å². The van der Waals surface area contributed by atoms with E-state index in [-0.39, 0.29) is 48.1 Å². The van der Waals surface area contributed by atoms with Crippen LogP contribution in [0.4, 0.5) is 0 Å². The third-order valence-corrected chi connectivity index (χ3v) is 9.82. The first-order chi connectivity index (χ1) is 23.6. The van der Waals surface area contributed by atoms with Crippen LogP contribution in [-0.4, -0.2) is 94.0 Å². The normalized spacial score (nSPS) is 18.7. The molecule has 2 aromatic carbocycles. The van der Waals surface area contributed by atoms with Crippen LogP contribution in [0.5, 0.6) is 0 Å². The third kappa shape index (κ3) is 9.57. The summed E-state index contributed by atoms with van der Waals surface area (Å²) in [7, 11) is 0. The van der Waals surface area contributed by atoms with E-state index in [1.807, 2.05) is 30.3 Å². The second-order valence-electron chi connectivity index (χ2n) is 12.6. The van der Waals surface area contributed by atoms with E-state index >= 15 is 0 Å². The molecular formula is C36H41Cl2N7O4. The molecule has 3 heterocycles. The van der Waals surface area contributed by atoms with Crippen molar-refractivity contribution in [1.82, 2.24) is 25.0 Å². The number of hydrogen-bond donors (Lipinski definition) is 3. The molecule has 258 valence electrons. The number of piperidine rings is 1. The number of carbonyl (C=O) groups excluding carboxylic acids is 4. The summed E-state index contributed by atoms with van der Waals surface area (Å²) in [5, 5.41) is 11.4. The van der Waals surface area contributed by atoms with Crippen LogP contribution in [0.1, 0.15) is 47.3 Å². The van der Waals surface area contributed by atoms with Gasteiger partial charge >= 0.3 is 0 Å². The summed E-state index contributed by atoms with van der Waals surface area (Å²) in [6.45, 7) is 0.965. The number of nitrogens with two attached hydrogens (primary N) is 1. The van der Waals surface area contributed by atoms with Crippen LogP contribution < -0.4 is 11.1 Å². The highest BCUT2D eigenvalue weighted by Crippen LogP contribution is 2.26. The highest BCUT2D eigenvalue weighted by molar-refractivity contribution is 6.42. The molecule has 3 aromatic rings. The quantitative estimate of drug-likeness (QED) is 0.138. The minimum atomic E-state index is -0.964. The average Bonchev–Trinajstić information content (AvgIpc) is 3.10. The fraction of sp³-hybridized carbons (Fsp3) is 0.389. The number of piperazine rings is 1. The van der Waals surface area contributed by atoms with Crippen molar-refractivity contribution < 1.29 is 19.2 Å². The first kappa shape index (κ1) is 35.8. The van der Waals surface area contributed by atoms with Crippen molar-refractivity contribution >= 4 is 52.7 Å². The molecule has 3 atom stereocenters. The van der Waals surface area contributed by atoms with Gasteiger partial charge < -0.3 is 25.8 Å². The molecular weight excluding hydrogens is 665 g/mol. The fourth-order valence-corrected chi connectivity index (χ4v) is 6.89. The number of nitrogens with one attached hydrogen (secondary N) is 2. The summed E-state index contributed by atoms with van der Waals surface area (Å²) in [5.74, 6) is -1.59. The van der Waals surface area contributed by atoms with Crippen LogP contribution in [0.25, 0.3) is 0 Å². The molecule has 0 spiro atoms. The maximum Gasteiger partial charge on any atom is 0.246 e. The average molecular weight is 707 g/mol. The van der Waals surface area contributed by atoms with Gasteiger partial charge in [0.2, 0.25) is 23.5 Å². The molecule has 0 radical (unpaired) electrons. The van der Waals surface area contributed by atoms with E-state index in [1.54, 1.807) is 46.2 Å². The van der Waals surface area contributed by atoms with Crippen molar-refractivity contribution in [3.63, 3.8) is 0 Å². The molecule has 1 aromatic heterocycles. The van der Waals surface area contributed by atoms with Crippen LogP contribution in [-0.2, 0) is 27.2 Å². The van der Waals surface area contributed by atoms with Crippen LogP contribution in [0.2, 0.25) is 10.0 Å². The summed E-state index contributed by atoms with van der Waals surface area (Å²) in [5.41, 5.74) is 7.78. The lowest BCUT2D eigenvalue weighted by atomic mass is 9.89. The number of likely N-dealkylation sites (tertiary alicyclic amines) is 1. The zero-order valence-electron chi connectivity index (χ0n) is 27.2. The van der Waals surface area contributed by atoms with E-state index in [0.29, 0.717) is 48.1 Å². The predicted octanol–water partition coefficient (Wildman–Crippen LogP) is 3.97. The molecule has 2 unspecified atom stereocenters. The zero-order chi connectivity index (χ0) is 34.9. The molecule has 3 amide bonds. The van der Waals surface area contributed by atoms with Crippen LogP contribution in [0.3, 0.4) is 0 Å². The Balaban J connectivity index is 1.33. The lowest BCUT2D eigenvalue weighted by Gasteiger charge is -2.40. The standard InChI is InChI=1S/C36H41Cl2N7O4/c37-27-14-13-25(18-28(27)38)20-31-35(49)43(16-6-10-24-8-2-1-3-9-24)23-33(47)45(31)22-32(46)42-30(34(48)29-12-4-5-15-41-29)19-26-11-7-17-44(21-26)36(39)40/h1-5,8-9,12-15,18,26,30-31H,6-7,10-11,16-17,19-23H2,(H3,39,40)(H,42,46)/t26?,30?,31-/m1/s1. The Morgan fingerprint density at radius 3 is 2.51 bits per heavy atom. The van der Waals surface area contributed by atoms with E-state index in [1.165, 1.54) is 11.1 Å². The van der Waals surface area contributed by atoms with Gasteiger partial charge in [0.1, 0.15) is 18.3 Å². The summed E-state index contributed by atoms with van der Waals surface area (Å²) < 4.78 is 0. The summed E-state index contributed by atoms with van der Waals surface area (Å²) in [4.78, 5) is 63.9. The lowest BCUT2D eigenvalue weighted by molar-refractivity contribution is -0.157. The fourth-order valence-electron chi connectivity index (χ4n) is 6.57. The Kier molecular flexibility index (Phi) is 12.2. The monoisotopic (exact) mass is 705 g/mol. The molecule has 4 N–H and O–H groups in total. The smallest absolute Gasteiger partial charge is 0.246 e. The van der Waals surface area contributed by atoms with E-state index < -0.39 is 24.5 Å². The Morgan fingerprint density at radius 2 is 1.80 bits per heavy atom. The number of Topliss-reactive ketones (excluding diaryl/α,β-unsaturated/α-hetero) is 1. The number of carbonyl (C=O) groups is 4. The third-order valence-electron chi connectivity index (χ3n) is 9.08. The Morgan fingerprint density at radius 1 is 1.02 bits per heavy atom. The van der Waals surface area contributed by atoms with Crippen molar-refractivity contribution in [2.45, 2.75) is 50.6 Å². The second kappa shape index (κ2) is 16.8. The molecule has 49 heavy (non-hydrogen) atoms. The van der Waals surface area contributed by atoms with Crippen molar-refractivity contribution in [1.29, 1.82) is 5.41 Å². The Bertz CT molecular complexity index is 1660. The van der Waals surface area contributed by atoms with E-state index in [4.69, 9.17) is 34.3 Å². The number of pyridine rings is 1. The highest BCUT2D eigenvalue weighted by Gasteiger charge is 2.40. The number of halogens is 2. The number of ketones is 1. The number of amides is 3. The highest BCUT2D eigenvalue weighted by atomic mass is 35.5. The Hall–Kier alpha value is -4.48. The summed E-state index contributed by atoms with van der Waals surface area (Å²) >= 11 is 12.4. The van der Waals surface area contributed by atoms with Gasteiger partial charge in [-0.25, -0.2) is 0 Å². The SMILES string of the molecule is N=C(N)N1CCCC(CC(NC(=O)CN2C(=O)CN(CCCc3ccccc3)C(=O)[C@H]2Cc2ccc(Cl)c(Cl)c2)C(=O)c2ccccn2)C1. The summed E-state index contributed by atoms with van der Waals surface area (Å²) in [6, 6.07) is 18.1. The zero-order valence-corrected chi connectivity index (χ0v) is 28.7. The Labute approximate surface area is 296 Å². The van der Waals surface area contributed by atoms with Crippen LogP contribution >= 0.6 is 23.2 Å². The van der Waals surface area contributed by atoms with Gasteiger partial charge in [-0.3, -0.25) is 29.6 Å². The van der Waals surface area contributed by atoms with Crippen LogP contribution in [0.15, 0.2) is 72.9 Å².